The molecule has 108 valence electrons. The molecular formula is C14H26N4O. The molecule has 0 aliphatic carbocycles. The van der Waals surface area contributed by atoms with Gasteiger partial charge in [-0.05, 0) is 32.0 Å². The van der Waals surface area contributed by atoms with Crippen LogP contribution in [0.2, 0.25) is 0 Å². The van der Waals surface area contributed by atoms with Gasteiger partial charge in [-0.1, -0.05) is 6.92 Å². The summed E-state index contributed by atoms with van der Waals surface area (Å²) < 4.78 is 7.81. The summed E-state index contributed by atoms with van der Waals surface area (Å²) >= 11 is 0. The largest absolute Gasteiger partial charge is 0.374 e. The Morgan fingerprint density at radius 1 is 1.58 bits per heavy atom. The van der Waals surface area contributed by atoms with Crippen LogP contribution in [0.25, 0.3) is 0 Å². The molecule has 0 saturated carbocycles. The van der Waals surface area contributed by atoms with Gasteiger partial charge in [0.25, 0.3) is 0 Å². The Morgan fingerprint density at radius 3 is 3.05 bits per heavy atom. The Bertz CT molecular complexity index is 377. The molecule has 0 amide bonds. The molecule has 1 N–H and O–H groups in total. The van der Waals surface area contributed by atoms with Crippen molar-refractivity contribution in [2.75, 3.05) is 33.3 Å². The summed E-state index contributed by atoms with van der Waals surface area (Å²) in [6, 6.07) is 0.351. The highest BCUT2D eigenvalue weighted by atomic mass is 16.5. The number of rotatable bonds is 6. The van der Waals surface area contributed by atoms with Crippen LogP contribution in [0.15, 0.2) is 12.4 Å². The van der Waals surface area contributed by atoms with Gasteiger partial charge in [0.1, 0.15) is 0 Å². The van der Waals surface area contributed by atoms with Crippen LogP contribution in [0.3, 0.4) is 0 Å². The van der Waals surface area contributed by atoms with Gasteiger partial charge in [-0.25, -0.2) is 0 Å². The van der Waals surface area contributed by atoms with Crippen molar-refractivity contribution in [3.63, 3.8) is 0 Å². The number of morpholine rings is 1. The van der Waals surface area contributed by atoms with Gasteiger partial charge in [-0.15, -0.1) is 0 Å². The molecule has 0 bridgehead atoms. The van der Waals surface area contributed by atoms with E-state index in [-0.39, 0.29) is 6.10 Å². The van der Waals surface area contributed by atoms with Crippen molar-refractivity contribution in [1.29, 1.82) is 0 Å². The Morgan fingerprint density at radius 2 is 2.42 bits per heavy atom. The second kappa shape index (κ2) is 7.03. The second-order valence-corrected chi connectivity index (χ2v) is 5.33. The highest BCUT2D eigenvalue weighted by Gasteiger charge is 2.27. The van der Waals surface area contributed by atoms with Gasteiger partial charge in [0.2, 0.25) is 0 Å². The maximum atomic E-state index is 5.96. The number of nitrogens with zero attached hydrogens (tertiary/aromatic N) is 3. The summed E-state index contributed by atoms with van der Waals surface area (Å²) in [5.74, 6) is 0. The van der Waals surface area contributed by atoms with Gasteiger partial charge in [0.05, 0.1) is 18.9 Å². The molecule has 0 spiro atoms. The average molecular weight is 266 g/mol. The average Bonchev–Trinajstić information content (AvgIpc) is 2.82. The van der Waals surface area contributed by atoms with E-state index in [1.54, 1.807) is 0 Å². The van der Waals surface area contributed by atoms with Gasteiger partial charge in [0.15, 0.2) is 0 Å². The number of aryl methyl sites for hydroxylation is 1. The number of ether oxygens (including phenoxy) is 1. The predicted octanol–water partition coefficient (Wildman–Crippen LogP) is 0.661. The molecule has 19 heavy (non-hydrogen) atoms. The second-order valence-electron chi connectivity index (χ2n) is 5.33. The van der Waals surface area contributed by atoms with E-state index in [1.807, 2.05) is 25.0 Å². The summed E-state index contributed by atoms with van der Waals surface area (Å²) in [5, 5.41) is 7.63. The maximum absolute atomic E-state index is 5.96. The molecular weight excluding hydrogens is 240 g/mol. The van der Waals surface area contributed by atoms with E-state index in [9.17, 15) is 0 Å². The number of likely N-dealkylation sites (N-methyl/N-ethyl adjacent to an activating group) is 1. The van der Waals surface area contributed by atoms with Crippen molar-refractivity contribution < 1.29 is 4.74 Å². The molecule has 2 rings (SSSR count). The van der Waals surface area contributed by atoms with E-state index in [0.29, 0.717) is 6.04 Å². The third-order valence-electron chi connectivity index (χ3n) is 3.75. The quantitative estimate of drug-likeness (QED) is 0.821. The van der Waals surface area contributed by atoms with E-state index in [1.165, 1.54) is 18.5 Å². The highest BCUT2D eigenvalue weighted by molar-refractivity contribution is 5.07. The van der Waals surface area contributed by atoms with Crippen LogP contribution in [-0.4, -0.2) is 60.1 Å². The molecule has 5 nitrogen and oxygen atoms in total. The zero-order valence-electron chi connectivity index (χ0n) is 12.3. The van der Waals surface area contributed by atoms with E-state index < -0.39 is 0 Å². The molecule has 1 aromatic rings. The van der Waals surface area contributed by atoms with Crippen LogP contribution in [0.5, 0.6) is 0 Å². The molecule has 0 radical (unpaired) electrons. The predicted molar refractivity (Wildman–Crippen MR) is 76.2 cm³/mol. The molecule has 1 saturated heterocycles. The lowest BCUT2D eigenvalue weighted by Gasteiger charge is -2.36. The summed E-state index contributed by atoms with van der Waals surface area (Å²) in [6.07, 6.45) is 6.47. The molecule has 1 aromatic heterocycles. The fourth-order valence-corrected chi connectivity index (χ4v) is 2.74. The zero-order chi connectivity index (χ0) is 13.7. The lowest BCUT2D eigenvalue weighted by atomic mass is 10.0. The fraction of sp³-hybridized carbons (Fsp3) is 0.786. The van der Waals surface area contributed by atoms with E-state index in [0.717, 1.165) is 26.1 Å². The normalized spacial score (nSPS) is 22.6. The maximum Gasteiger partial charge on any atom is 0.0858 e. The SMILES string of the molecule is CCCN1CCOC(C(Cc2cnn(C)c2)NC)C1. The van der Waals surface area contributed by atoms with E-state index in [2.05, 4.69) is 28.4 Å². The molecule has 5 heteroatoms. The fourth-order valence-electron chi connectivity index (χ4n) is 2.74. The van der Waals surface area contributed by atoms with Crippen LogP contribution in [0.1, 0.15) is 18.9 Å². The van der Waals surface area contributed by atoms with Crippen molar-refractivity contribution in [1.82, 2.24) is 20.0 Å². The van der Waals surface area contributed by atoms with Gasteiger partial charge in [-0.3, -0.25) is 9.58 Å². The first-order chi connectivity index (χ1) is 9.22. The molecule has 2 unspecified atom stereocenters. The highest BCUT2D eigenvalue weighted by Crippen LogP contribution is 2.13. The molecule has 1 aliphatic rings. The summed E-state index contributed by atoms with van der Waals surface area (Å²) in [6.45, 7) is 6.34. The van der Waals surface area contributed by atoms with Gasteiger partial charge in [0, 0.05) is 32.4 Å². The Kier molecular flexibility index (Phi) is 5.36. The van der Waals surface area contributed by atoms with Gasteiger partial charge >= 0.3 is 0 Å². The third-order valence-corrected chi connectivity index (χ3v) is 3.75. The van der Waals surface area contributed by atoms with Crippen LogP contribution in [0.4, 0.5) is 0 Å². The first-order valence-corrected chi connectivity index (χ1v) is 7.21. The minimum Gasteiger partial charge on any atom is -0.374 e. The number of hydrogen-bond donors (Lipinski definition) is 1. The van der Waals surface area contributed by atoms with E-state index in [4.69, 9.17) is 4.74 Å². The van der Waals surface area contributed by atoms with Crippen molar-refractivity contribution in [3.8, 4) is 0 Å². The Hall–Kier alpha value is -0.910. The minimum absolute atomic E-state index is 0.269. The van der Waals surface area contributed by atoms with E-state index >= 15 is 0 Å². The number of aromatic nitrogens is 2. The lowest BCUT2D eigenvalue weighted by molar-refractivity contribution is -0.0450. The molecule has 1 aliphatic heterocycles. The van der Waals surface area contributed by atoms with Crippen LogP contribution < -0.4 is 5.32 Å². The minimum atomic E-state index is 0.269. The zero-order valence-corrected chi connectivity index (χ0v) is 12.3. The summed E-state index contributed by atoms with van der Waals surface area (Å²) in [5.41, 5.74) is 1.26. The van der Waals surface area contributed by atoms with Crippen LogP contribution >= 0.6 is 0 Å². The Balaban J connectivity index is 1.92. The molecule has 0 aromatic carbocycles. The van der Waals surface area contributed by atoms with Crippen molar-refractivity contribution in [2.24, 2.45) is 7.05 Å². The van der Waals surface area contributed by atoms with Crippen LogP contribution in [-0.2, 0) is 18.2 Å². The molecule has 2 heterocycles. The smallest absolute Gasteiger partial charge is 0.0858 e. The summed E-state index contributed by atoms with van der Waals surface area (Å²) in [7, 11) is 3.97. The third kappa shape index (κ3) is 4.03. The number of hydrogen-bond acceptors (Lipinski definition) is 4. The van der Waals surface area contributed by atoms with Gasteiger partial charge in [-0.2, -0.15) is 5.10 Å². The monoisotopic (exact) mass is 266 g/mol. The first-order valence-electron chi connectivity index (χ1n) is 7.21. The van der Waals surface area contributed by atoms with Crippen molar-refractivity contribution >= 4 is 0 Å². The van der Waals surface area contributed by atoms with Crippen LogP contribution in [0, 0.1) is 0 Å². The standard InChI is InChI=1S/C14H26N4O/c1-4-5-18-6-7-19-14(11-18)13(15-2)8-12-9-16-17(3)10-12/h9-10,13-15H,4-8,11H2,1-3H3. The summed E-state index contributed by atoms with van der Waals surface area (Å²) in [4.78, 5) is 2.50. The topological polar surface area (TPSA) is 42.3 Å². The Labute approximate surface area is 115 Å². The number of nitrogens with one attached hydrogen (secondary N) is 1. The molecule has 1 fully saturated rings. The van der Waals surface area contributed by atoms with Crippen molar-refractivity contribution in [3.05, 3.63) is 18.0 Å². The first kappa shape index (κ1) is 14.5. The molecule has 2 atom stereocenters. The lowest BCUT2D eigenvalue weighted by Crippen LogP contribution is -2.52. The van der Waals surface area contributed by atoms with Gasteiger partial charge < -0.3 is 10.1 Å². The van der Waals surface area contributed by atoms with Crippen molar-refractivity contribution in [2.45, 2.75) is 31.9 Å².